The first-order chi connectivity index (χ1) is 5.11. The van der Waals surface area contributed by atoms with Crippen molar-refractivity contribution >= 4 is 17.3 Å². The summed E-state index contributed by atoms with van der Waals surface area (Å²) in [6.45, 7) is 0. The van der Waals surface area contributed by atoms with Crippen molar-refractivity contribution in [2.75, 3.05) is 5.23 Å². The Balaban J connectivity index is 3.20. The molecule has 0 spiro atoms. The summed E-state index contributed by atoms with van der Waals surface area (Å²) < 4.78 is 0. The summed E-state index contributed by atoms with van der Waals surface area (Å²) >= 11 is 5.40. The Morgan fingerprint density at radius 1 is 1.73 bits per heavy atom. The number of H-pyrrole nitrogens is 1. The molecular weight excluding hydrogens is 172 g/mol. The molecule has 0 amide bonds. The molecule has 0 saturated carbocycles. The molecule has 0 saturated heterocycles. The van der Waals surface area contributed by atoms with Gasteiger partial charge in [0.2, 0.25) is 5.56 Å². The van der Waals surface area contributed by atoms with Crippen molar-refractivity contribution in [2.45, 2.75) is 0 Å². The highest BCUT2D eigenvalue weighted by molar-refractivity contribution is 6.33. The predicted molar refractivity (Wildman–Crippen MR) is 39.7 cm³/mol. The van der Waals surface area contributed by atoms with Gasteiger partial charge in [0.05, 0.1) is 10.7 Å². The highest BCUT2D eigenvalue weighted by atomic mass is 35.5. The van der Waals surface area contributed by atoms with E-state index >= 15 is 0 Å². The van der Waals surface area contributed by atoms with E-state index in [1.807, 2.05) is 0 Å². The van der Waals surface area contributed by atoms with Crippen molar-refractivity contribution in [3.8, 4) is 0 Å². The Kier molecular flexibility index (Phi) is 2.13. The maximum atomic E-state index is 10.5. The number of anilines is 1. The second-order valence-corrected chi connectivity index (χ2v) is 2.21. The SMILES string of the molecule is O=c1cc(Cl)c(N([O-])O)c[nH]1. The van der Waals surface area contributed by atoms with Gasteiger partial charge in [0.15, 0.2) is 0 Å². The van der Waals surface area contributed by atoms with Gasteiger partial charge in [0.25, 0.3) is 0 Å². The van der Waals surface area contributed by atoms with E-state index in [1.165, 1.54) is 0 Å². The van der Waals surface area contributed by atoms with Crippen molar-refractivity contribution in [2.24, 2.45) is 0 Å². The van der Waals surface area contributed by atoms with Crippen LogP contribution in [0.3, 0.4) is 0 Å². The van der Waals surface area contributed by atoms with Crippen LogP contribution in [0.5, 0.6) is 0 Å². The van der Waals surface area contributed by atoms with Gasteiger partial charge in [-0.1, -0.05) is 11.6 Å². The molecule has 11 heavy (non-hydrogen) atoms. The van der Waals surface area contributed by atoms with Crippen LogP contribution in [-0.2, 0) is 0 Å². The van der Waals surface area contributed by atoms with Crippen LogP contribution in [0.15, 0.2) is 17.1 Å². The number of nitrogens with one attached hydrogen (secondary N) is 1. The molecule has 0 atom stereocenters. The minimum Gasteiger partial charge on any atom is -0.733 e. The van der Waals surface area contributed by atoms with E-state index in [0.29, 0.717) is 0 Å². The van der Waals surface area contributed by atoms with Crippen molar-refractivity contribution < 1.29 is 5.21 Å². The summed E-state index contributed by atoms with van der Waals surface area (Å²) in [5.41, 5.74) is -0.619. The lowest BCUT2D eigenvalue weighted by atomic mass is 10.4. The highest BCUT2D eigenvalue weighted by Gasteiger charge is 1.99. The van der Waals surface area contributed by atoms with E-state index in [0.717, 1.165) is 12.3 Å². The zero-order valence-electron chi connectivity index (χ0n) is 5.24. The van der Waals surface area contributed by atoms with Crippen molar-refractivity contribution in [3.05, 3.63) is 32.8 Å². The molecule has 5 nitrogen and oxygen atoms in total. The van der Waals surface area contributed by atoms with Crippen LogP contribution < -0.4 is 10.8 Å². The first kappa shape index (κ1) is 8.06. The molecule has 0 aliphatic rings. The summed E-state index contributed by atoms with van der Waals surface area (Å²) in [5, 5.41) is 18.1. The molecule has 0 bridgehead atoms. The number of halogens is 1. The third kappa shape index (κ3) is 1.70. The molecule has 0 aliphatic carbocycles. The summed E-state index contributed by atoms with van der Waals surface area (Å²) in [4.78, 5) is 12.7. The molecule has 1 rings (SSSR count). The van der Waals surface area contributed by atoms with E-state index < -0.39 is 10.8 Å². The van der Waals surface area contributed by atoms with Gasteiger partial charge in [-0.3, -0.25) is 10.0 Å². The Morgan fingerprint density at radius 3 is 2.82 bits per heavy atom. The lowest BCUT2D eigenvalue weighted by Gasteiger charge is -2.21. The summed E-state index contributed by atoms with van der Waals surface area (Å²) in [5.74, 6) is 0. The average molecular weight is 176 g/mol. The lowest BCUT2D eigenvalue weighted by Crippen LogP contribution is -2.11. The van der Waals surface area contributed by atoms with Gasteiger partial charge in [-0.2, -0.15) is 0 Å². The molecule has 1 aromatic rings. The fraction of sp³-hybridized carbons (Fsp3) is 0. The number of nitrogens with zero attached hydrogens (tertiary/aromatic N) is 1. The standard InChI is InChI=1S/C5H4ClN2O3/c6-3-1-5(9)7-2-4(3)8(10)11/h1-2,10H,(H,7,9)/q-1. The van der Waals surface area contributed by atoms with Gasteiger partial charge in [0.1, 0.15) is 0 Å². The first-order valence-electron chi connectivity index (χ1n) is 2.65. The van der Waals surface area contributed by atoms with Gasteiger partial charge < -0.3 is 15.4 Å². The number of aromatic nitrogens is 1. The predicted octanol–water partition coefficient (Wildman–Crippen LogP) is 0.722. The maximum Gasteiger partial charge on any atom is 0.249 e. The van der Waals surface area contributed by atoms with Crippen molar-refractivity contribution in [1.29, 1.82) is 0 Å². The fourth-order valence-corrected chi connectivity index (χ4v) is 0.812. The molecule has 0 unspecified atom stereocenters. The first-order valence-corrected chi connectivity index (χ1v) is 3.03. The molecule has 60 valence electrons. The molecule has 0 aromatic carbocycles. The lowest BCUT2D eigenvalue weighted by molar-refractivity contribution is 0.296. The number of pyridine rings is 1. The van der Waals surface area contributed by atoms with Crippen LogP contribution in [0, 0.1) is 5.21 Å². The van der Waals surface area contributed by atoms with Crippen LogP contribution in [0.2, 0.25) is 5.02 Å². The van der Waals surface area contributed by atoms with Crippen LogP contribution in [0.4, 0.5) is 5.69 Å². The van der Waals surface area contributed by atoms with Crippen LogP contribution in [-0.4, -0.2) is 10.2 Å². The zero-order chi connectivity index (χ0) is 8.43. The Bertz CT molecular complexity index is 309. The smallest absolute Gasteiger partial charge is 0.249 e. The van der Waals surface area contributed by atoms with E-state index in [-0.39, 0.29) is 10.7 Å². The normalized spacial score (nSPS) is 9.73. The molecule has 0 fully saturated rings. The Labute approximate surface area is 66.4 Å². The number of hydrogen-bond donors (Lipinski definition) is 2. The van der Waals surface area contributed by atoms with Crippen molar-refractivity contribution in [1.82, 2.24) is 4.98 Å². The third-order valence-electron chi connectivity index (χ3n) is 1.06. The Hall–Kier alpha value is -1.04. The van der Waals surface area contributed by atoms with Gasteiger partial charge in [-0.15, -0.1) is 0 Å². The minimum absolute atomic E-state index is 0.0914. The molecule has 1 heterocycles. The van der Waals surface area contributed by atoms with Crippen LogP contribution in [0.25, 0.3) is 0 Å². The zero-order valence-corrected chi connectivity index (χ0v) is 6.00. The second kappa shape index (κ2) is 2.91. The number of aromatic amines is 1. The van der Waals surface area contributed by atoms with E-state index in [9.17, 15) is 10.0 Å². The van der Waals surface area contributed by atoms with Crippen molar-refractivity contribution in [3.63, 3.8) is 0 Å². The summed E-state index contributed by atoms with van der Waals surface area (Å²) in [6.07, 6.45) is 1.03. The largest absolute Gasteiger partial charge is 0.733 e. The number of hydrogen-bond acceptors (Lipinski definition) is 4. The second-order valence-electron chi connectivity index (χ2n) is 1.80. The van der Waals surface area contributed by atoms with E-state index in [4.69, 9.17) is 16.8 Å². The Morgan fingerprint density at radius 2 is 2.36 bits per heavy atom. The van der Waals surface area contributed by atoms with E-state index in [1.54, 1.807) is 0 Å². The average Bonchev–Trinajstić information content (AvgIpc) is 1.85. The fourth-order valence-electron chi connectivity index (χ4n) is 0.586. The quantitative estimate of drug-likeness (QED) is 0.617. The molecule has 6 heteroatoms. The monoisotopic (exact) mass is 175 g/mol. The van der Waals surface area contributed by atoms with E-state index in [2.05, 4.69) is 4.98 Å². The highest BCUT2D eigenvalue weighted by Crippen LogP contribution is 2.19. The molecular formula is C5H4ClN2O3-. The third-order valence-corrected chi connectivity index (χ3v) is 1.36. The topological polar surface area (TPSA) is 79.4 Å². The summed E-state index contributed by atoms with van der Waals surface area (Å²) in [6, 6.07) is 0.998. The van der Waals surface area contributed by atoms with Gasteiger partial charge in [-0.05, 0) is 0 Å². The molecule has 2 N–H and O–H groups in total. The van der Waals surface area contributed by atoms with Crippen LogP contribution >= 0.6 is 11.6 Å². The van der Waals surface area contributed by atoms with Gasteiger partial charge >= 0.3 is 0 Å². The minimum atomic E-state index is -0.430. The maximum absolute atomic E-state index is 10.5. The van der Waals surface area contributed by atoms with Gasteiger partial charge in [-0.25, -0.2) is 0 Å². The molecule has 0 aliphatic heterocycles. The summed E-state index contributed by atoms with van der Waals surface area (Å²) in [7, 11) is 0. The number of rotatable bonds is 1. The van der Waals surface area contributed by atoms with Crippen LogP contribution in [0.1, 0.15) is 0 Å². The van der Waals surface area contributed by atoms with Gasteiger partial charge in [0, 0.05) is 12.3 Å². The molecule has 0 radical (unpaired) electrons. The molecule has 1 aromatic heterocycles.